The van der Waals surface area contributed by atoms with Crippen LogP contribution in [-0.2, 0) is 4.79 Å². The molecule has 9 heteroatoms. The minimum Gasteiger partial charge on any atom is -0.612 e. The Bertz CT molecular complexity index is 524. The zero-order valence-electron chi connectivity index (χ0n) is 12.2. The van der Waals surface area contributed by atoms with Gasteiger partial charge in [0.25, 0.3) is 5.71 Å². The lowest BCUT2D eigenvalue weighted by atomic mass is 10.1. The van der Waals surface area contributed by atoms with E-state index in [1.807, 2.05) is 0 Å². The predicted octanol–water partition coefficient (Wildman–Crippen LogP) is 1.41. The van der Waals surface area contributed by atoms with Crippen LogP contribution in [-0.4, -0.2) is 56.9 Å². The van der Waals surface area contributed by atoms with Crippen LogP contribution in [0.1, 0.15) is 32.6 Å². The topological polar surface area (TPSA) is 114 Å². The van der Waals surface area contributed by atoms with Gasteiger partial charge in [-0.15, -0.1) is 0 Å². The minimum atomic E-state index is -0.940. The van der Waals surface area contributed by atoms with Crippen LogP contribution in [0, 0.1) is 16.3 Å². The Morgan fingerprint density at radius 1 is 1.55 bits per heavy atom. The quantitative estimate of drug-likeness (QED) is 0.465. The standard InChI is InChI=1S/C13H18ClN4O4/c1-8(12(19)20)7-17(9-4-2-3-5-9)11-10(18(21)22)6-15-13(14)16-11/h6,8-9,11H,2-5,7H2,1H3,(H-,15,16,19,20,21,22)/q-1. The van der Waals surface area contributed by atoms with Gasteiger partial charge in [-0.2, -0.15) is 4.90 Å². The number of aliphatic carboxylic acids is 1. The molecule has 22 heavy (non-hydrogen) atoms. The van der Waals surface area contributed by atoms with E-state index in [2.05, 4.69) is 9.98 Å². The number of aliphatic imine (C=N–C) groups is 2. The van der Waals surface area contributed by atoms with Crippen molar-refractivity contribution in [3.8, 4) is 0 Å². The van der Waals surface area contributed by atoms with E-state index in [0.29, 0.717) is 0 Å². The van der Waals surface area contributed by atoms with Crippen LogP contribution in [0.3, 0.4) is 0 Å². The summed E-state index contributed by atoms with van der Waals surface area (Å²) in [6.07, 6.45) is 4.01. The number of halogens is 1. The van der Waals surface area contributed by atoms with E-state index in [1.165, 1.54) is 0 Å². The molecule has 1 N–H and O–H groups in total. The Morgan fingerprint density at radius 3 is 2.73 bits per heavy atom. The summed E-state index contributed by atoms with van der Waals surface area (Å²) in [6.45, 7) is 1.77. The van der Waals surface area contributed by atoms with Gasteiger partial charge in [-0.05, 0) is 24.4 Å². The summed E-state index contributed by atoms with van der Waals surface area (Å²) < 4.78 is 0. The molecule has 0 radical (unpaired) electrons. The molecule has 0 aromatic carbocycles. The Hall–Kier alpha value is -1.67. The van der Waals surface area contributed by atoms with E-state index in [4.69, 9.17) is 16.7 Å². The van der Waals surface area contributed by atoms with Crippen LogP contribution in [0.15, 0.2) is 9.98 Å². The Morgan fingerprint density at radius 2 is 2.18 bits per heavy atom. The van der Waals surface area contributed by atoms with Gasteiger partial charge in [-0.25, -0.2) is 9.98 Å². The predicted molar refractivity (Wildman–Crippen MR) is 83.3 cm³/mol. The van der Waals surface area contributed by atoms with Gasteiger partial charge in [0.05, 0.1) is 5.92 Å². The van der Waals surface area contributed by atoms with Gasteiger partial charge in [-0.1, -0.05) is 19.8 Å². The number of carbonyl (C=O) groups is 1. The highest BCUT2D eigenvalue weighted by atomic mass is 35.5. The van der Waals surface area contributed by atoms with Crippen LogP contribution >= 0.6 is 11.6 Å². The van der Waals surface area contributed by atoms with E-state index >= 15 is 0 Å². The fourth-order valence-electron chi connectivity index (χ4n) is 2.85. The maximum absolute atomic E-state index is 11.2. The molecule has 1 saturated carbocycles. The summed E-state index contributed by atoms with van der Waals surface area (Å²) in [7, 11) is 0. The molecule has 2 rings (SSSR count). The van der Waals surface area contributed by atoms with Crippen molar-refractivity contribution in [1.82, 2.24) is 4.90 Å². The Labute approximate surface area is 133 Å². The van der Waals surface area contributed by atoms with Crippen molar-refractivity contribution in [2.45, 2.75) is 44.8 Å². The number of hydrogen-bond acceptors (Lipinski definition) is 6. The van der Waals surface area contributed by atoms with Crippen molar-refractivity contribution >= 4 is 34.8 Å². The van der Waals surface area contributed by atoms with Crippen LogP contribution in [0.25, 0.3) is 0 Å². The van der Waals surface area contributed by atoms with E-state index in [0.717, 1.165) is 31.9 Å². The number of hydrogen-bond donors (Lipinski definition) is 1. The average molecular weight is 330 g/mol. The van der Waals surface area contributed by atoms with Crippen LogP contribution < -0.4 is 0 Å². The number of nitrogens with zero attached hydrogens (tertiary/aromatic N) is 4. The van der Waals surface area contributed by atoms with Gasteiger partial charge in [-0.3, -0.25) is 9.69 Å². The van der Waals surface area contributed by atoms with Crippen molar-refractivity contribution in [3.63, 3.8) is 0 Å². The molecule has 2 aliphatic rings. The molecule has 122 valence electrons. The third kappa shape index (κ3) is 3.75. The van der Waals surface area contributed by atoms with Crippen molar-refractivity contribution in [2.75, 3.05) is 6.54 Å². The van der Waals surface area contributed by atoms with Crippen LogP contribution in [0.2, 0.25) is 0 Å². The molecule has 1 fully saturated rings. The molecule has 2 atom stereocenters. The molecule has 1 aliphatic heterocycles. The zero-order valence-corrected chi connectivity index (χ0v) is 12.9. The van der Waals surface area contributed by atoms with Crippen molar-refractivity contribution in [2.24, 2.45) is 15.9 Å². The molecule has 0 saturated heterocycles. The normalized spacial score (nSPS) is 23.7. The molecule has 1 heterocycles. The first kappa shape index (κ1) is 16.7. The molecule has 0 spiro atoms. The van der Waals surface area contributed by atoms with Crippen molar-refractivity contribution in [1.29, 1.82) is 0 Å². The maximum atomic E-state index is 11.2. The number of amidine groups is 1. The van der Waals surface area contributed by atoms with E-state index in [-0.39, 0.29) is 23.6 Å². The highest BCUT2D eigenvalue weighted by molar-refractivity contribution is 6.66. The number of rotatable bonds is 5. The van der Waals surface area contributed by atoms with Gasteiger partial charge in [0.15, 0.2) is 6.17 Å². The fourth-order valence-corrected chi connectivity index (χ4v) is 2.99. The summed E-state index contributed by atoms with van der Waals surface area (Å²) in [5.41, 5.74) is -0.172. The lowest BCUT2D eigenvalue weighted by Crippen LogP contribution is -2.51. The molecule has 0 aromatic rings. The van der Waals surface area contributed by atoms with Crippen LogP contribution in [0.4, 0.5) is 0 Å². The molecule has 2 unspecified atom stereocenters. The number of carboxylic acids is 1. The number of carboxylic acid groups (broad SMARTS) is 1. The molecule has 0 amide bonds. The van der Waals surface area contributed by atoms with E-state index in [9.17, 15) is 15.2 Å². The highest BCUT2D eigenvalue weighted by Crippen LogP contribution is 2.27. The van der Waals surface area contributed by atoms with E-state index in [1.54, 1.807) is 11.8 Å². The zero-order chi connectivity index (χ0) is 16.3. The average Bonchev–Trinajstić information content (AvgIpc) is 2.97. The second kappa shape index (κ2) is 7.06. The molecular formula is C13H18ClN4O4-. The van der Waals surface area contributed by atoms with Crippen molar-refractivity contribution < 1.29 is 14.8 Å². The first-order valence-corrected chi connectivity index (χ1v) is 7.55. The summed E-state index contributed by atoms with van der Waals surface area (Å²) in [6, 6.07) is 0.0708. The molecule has 8 nitrogen and oxygen atoms in total. The van der Waals surface area contributed by atoms with Gasteiger partial charge < -0.3 is 15.5 Å². The molecule has 0 bridgehead atoms. The molecule has 1 aliphatic carbocycles. The second-order valence-electron chi connectivity index (χ2n) is 5.59. The largest absolute Gasteiger partial charge is 0.612 e. The van der Waals surface area contributed by atoms with Gasteiger partial charge in [0.2, 0.25) is 5.29 Å². The second-order valence-corrected chi connectivity index (χ2v) is 5.92. The third-order valence-electron chi connectivity index (χ3n) is 4.02. The first-order chi connectivity index (χ1) is 10.4. The fraction of sp³-hybridized carbons (Fsp3) is 0.692. The summed E-state index contributed by atoms with van der Waals surface area (Å²) >= 11 is 5.80. The maximum Gasteiger partial charge on any atom is 0.307 e. The lowest BCUT2D eigenvalue weighted by Gasteiger charge is -2.35. The summed E-state index contributed by atoms with van der Waals surface area (Å²) in [5, 5.41) is 31.6. The summed E-state index contributed by atoms with van der Waals surface area (Å²) in [4.78, 5) is 20.2. The third-order valence-corrected chi connectivity index (χ3v) is 4.22. The van der Waals surface area contributed by atoms with Crippen LogP contribution in [0.5, 0.6) is 0 Å². The smallest absolute Gasteiger partial charge is 0.307 e. The Balaban J connectivity index is 2.31. The minimum absolute atomic E-state index is 0.0541. The van der Waals surface area contributed by atoms with Gasteiger partial charge in [0, 0.05) is 12.6 Å². The molecule has 0 aromatic heterocycles. The lowest BCUT2D eigenvalue weighted by molar-refractivity contribution is -0.379. The first-order valence-electron chi connectivity index (χ1n) is 7.17. The van der Waals surface area contributed by atoms with Crippen molar-refractivity contribution in [3.05, 3.63) is 10.4 Å². The SMILES string of the molecule is CC(CN(C1CCCC1)C1N=C(Cl)N=CC1=[N+]([O-])[O-])C(=O)O. The molecular weight excluding hydrogens is 312 g/mol. The Kier molecular flexibility index (Phi) is 5.36. The van der Waals surface area contributed by atoms with E-state index < -0.39 is 23.0 Å². The summed E-state index contributed by atoms with van der Waals surface area (Å²) in [5.74, 6) is -1.59. The monoisotopic (exact) mass is 329 g/mol. The van der Waals surface area contributed by atoms with Gasteiger partial charge >= 0.3 is 5.97 Å². The highest BCUT2D eigenvalue weighted by Gasteiger charge is 2.37. The van der Waals surface area contributed by atoms with Gasteiger partial charge in [0.1, 0.15) is 6.21 Å².